The average Bonchev–Trinajstić information content (AvgIpc) is 2.46. The summed E-state index contributed by atoms with van der Waals surface area (Å²) in [5.41, 5.74) is 2.65. The molecule has 1 saturated heterocycles. The highest BCUT2D eigenvalue weighted by atomic mass is 32.2. The monoisotopic (exact) mass is 283 g/mol. The van der Waals surface area contributed by atoms with Crippen molar-refractivity contribution in [2.24, 2.45) is 0 Å². The van der Waals surface area contributed by atoms with Crippen LogP contribution < -0.4 is 0 Å². The first-order valence-electron chi connectivity index (χ1n) is 7.26. The second-order valence-corrected chi connectivity index (χ2v) is 7.65. The van der Waals surface area contributed by atoms with Gasteiger partial charge in [0.15, 0.2) is 0 Å². The molecule has 3 heteroatoms. The van der Waals surface area contributed by atoms with E-state index in [4.69, 9.17) is 0 Å². The molecule has 3 heterocycles. The molecule has 3 unspecified atom stereocenters. The van der Waals surface area contributed by atoms with E-state index in [1.807, 2.05) is 12.4 Å². The standard InChI is InChI=1S/C17H17NOS/c19-20-14-4-2-5-15(20)10-13(9-14)16-6-1-3-12-7-8-18-11-17(12)16/h1,3,6-9,11,14-15H,2,4-5,10H2. The van der Waals surface area contributed by atoms with Crippen molar-refractivity contribution in [3.63, 3.8) is 0 Å². The SMILES string of the molecule is O=S1C2C=C(c3cccc4ccncc34)CC1CCC2. The minimum Gasteiger partial charge on any atom is -0.264 e. The summed E-state index contributed by atoms with van der Waals surface area (Å²) in [6, 6.07) is 8.48. The molecule has 0 amide bonds. The molecule has 0 saturated carbocycles. The Labute approximate surface area is 121 Å². The molecule has 1 aromatic heterocycles. The van der Waals surface area contributed by atoms with E-state index in [-0.39, 0.29) is 5.25 Å². The van der Waals surface area contributed by atoms with Gasteiger partial charge in [-0.1, -0.05) is 30.7 Å². The third-order valence-electron chi connectivity index (χ3n) is 4.51. The van der Waals surface area contributed by atoms with Crippen molar-refractivity contribution in [1.29, 1.82) is 0 Å². The second-order valence-electron chi connectivity index (χ2n) is 5.72. The lowest BCUT2D eigenvalue weighted by atomic mass is 9.91. The normalized spacial score (nSPS) is 29.2. The number of nitrogens with zero attached hydrogens (tertiary/aromatic N) is 1. The molecule has 1 aromatic carbocycles. The maximum absolute atomic E-state index is 12.3. The van der Waals surface area contributed by atoms with Crippen molar-refractivity contribution >= 4 is 27.1 Å². The predicted octanol–water partition coefficient (Wildman–Crippen LogP) is 3.69. The van der Waals surface area contributed by atoms with Crippen molar-refractivity contribution in [2.75, 3.05) is 0 Å². The van der Waals surface area contributed by atoms with Crippen LogP contribution in [0.15, 0.2) is 42.7 Å². The van der Waals surface area contributed by atoms with Gasteiger partial charge in [0.2, 0.25) is 0 Å². The average molecular weight is 283 g/mol. The first-order valence-corrected chi connectivity index (χ1v) is 8.54. The van der Waals surface area contributed by atoms with Gasteiger partial charge >= 0.3 is 0 Å². The van der Waals surface area contributed by atoms with E-state index in [9.17, 15) is 4.21 Å². The number of rotatable bonds is 1. The van der Waals surface area contributed by atoms with Crippen LogP contribution in [0.25, 0.3) is 16.3 Å². The van der Waals surface area contributed by atoms with Crippen LogP contribution in [0.1, 0.15) is 31.2 Å². The molecule has 0 radical (unpaired) electrons. The van der Waals surface area contributed by atoms with Crippen molar-refractivity contribution in [3.05, 3.63) is 48.3 Å². The third-order valence-corrected chi connectivity index (χ3v) is 6.53. The number of aromatic nitrogens is 1. The molecule has 2 nitrogen and oxygen atoms in total. The molecular formula is C17H17NOS. The lowest BCUT2D eigenvalue weighted by Crippen LogP contribution is -2.33. The summed E-state index contributed by atoms with van der Waals surface area (Å²) in [4.78, 5) is 4.27. The zero-order valence-electron chi connectivity index (χ0n) is 11.3. The topological polar surface area (TPSA) is 30.0 Å². The Bertz CT molecular complexity index is 717. The summed E-state index contributed by atoms with van der Waals surface area (Å²) >= 11 is 0. The molecule has 20 heavy (non-hydrogen) atoms. The van der Waals surface area contributed by atoms with E-state index in [1.54, 1.807) is 0 Å². The highest BCUT2D eigenvalue weighted by Crippen LogP contribution is 2.38. The summed E-state index contributed by atoms with van der Waals surface area (Å²) in [7, 11) is -0.656. The van der Waals surface area contributed by atoms with Gasteiger partial charge in [0.1, 0.15) is 0 Å². The zero-order chi connectivity index (χ0) is 13.5. The van der Waals surface area contributed by atoms with E-state index in [2.05, 4.69) is 35.3 Å². The first-order chi connectivity index (χ1) is 9.83. The smallest absolute Gasteiger partial charge is 0.0536 e. The Morgan fingerprint density at radius 1 is 1.20 bits per heavy atom. The molecule has 1 fully saturated rings. The van der Waals surface area contributed by atoms with E-state index in [0.717, 1.165) is 19.3 Å². The largest absolute Gasteiger partial charge is 0.264 e. The maximum Gasteiger partial charge on any atom is 0.0536 e. The molecule has 102 valence electrons. The summed E-state index contributed by atoms with van der Waals surface area (Å²) in [5, 5.41) is 3.08. The van der Waals surface area contributed by atoms with Gasteiger partial charge in [-0.25, -0.2) is 0 Å². The Kier molecular flexibility index (Phi) is 2.95. The van der Waals surface area contributed by atoms with E-state index >= 15 is 0 Å². The number of allylic oxidation sites excluding steroid dienone is 1. The quantitative estimate of drug-likeness (QED) is 0.799. The summed E-state index contributed by atoms with van der Waals surface area (Å²) in [6.07, 6.45) is 10.4. The van der Waals surface area contributed by atoms with Crippen LogP contribution in [-0.4, -0.2) is 19.7 Å². The van der Waals surface area contributed by atoms with Gasteiger partial charge in [-0.2, -0.15) is 0 Å². The number of hydrogen-bond acceptors (Lipinski definition) is 2. The van der Waals surface area contributed by atoms with Gasteiger partial charge in [-0.15, -0.1) is 0 Å². The highest BCUT2D eigenvalue weighted by Gasteiger charge is 2.33. The van der Waals surface area contributed by atoms with Gasteiger partial charge in [0.05, 0.1) is 5.25 Å². The molecule has 3 atom stereocenters. The van der Waals surface area contributed by atoms with E-state index in [1.165, 1.54) is 28.3 Å². The van der Waals surface area contributed by atoms with Crippen molar-refractivity contribution in [3.8, 4) is 0 Å². The maximum atomic E-state index is 12.3. The first kappa shape index (κ1) is 12.3. The molecule has 2 aliphatic heterocycles. The fourth-order valence-corrected chi connectivity index (χ4v) is 5.43. The molecule has 2 aromatic rings. The Morgan fingerprint density at radius 3 is 3.05 bits per heavy atom. The lowest BCUT2D eigenvalue weighted by Gasteiger charge is -2.33. The molecule has 0 N–H and O–H groups in total. The van der Waals surface area contributed by atoms with Crippen molar-refractivity contribution in [2.45, 2.75) is 36.2 Å². The fourth-order valence-electron chi connectivity index (χ4n) is 3.49. The molecule has 4 rings (SSSR count). The van der Waals surface area contributed by atoms with Gasteiger partial charge in [0, 0.05) is 33.8 Å². The van der Waals surface area contributed by atoms with Crippen LogP contribution in [0.5, 0.6) is 0 Å². The van der Waals surface area contributed by atoms with Crippen molar-refractivity contribution in [1.82, 2.24) is 4.98 Å². The fraction of sp³-hybridized carbons (Fsp3) is 0.353. The Balaban J connectivity index is 1.86. The second kappa shape index (κ2) is 4.81. The minimum absolute atomic E-state index is 0.268. The van der Waals surface area contributed by atoms with Gasteiger partial charge in [-0.3, -0.25) is 9.19 Å². The molecule has 2 aliphatic rings. The highest BCUT2D eigenvalue weighted by molar-refractivity contribution is 7.86. The van der Waals surface area contributed by atoms with Crippen LogP contribution in [0.4, 0.5) is 0 Å². The molecule has 0 spiro atoms. The Hall–Kier alpha value is -1.48. The van der Waals surface area contributed by atoms with Crippen LogP contribution in [0, 0.1) is 0 Å². The molecule has 0 aliphatic carbocycles. The molecule has 2 bridgehead atoms. The molecular weight excluding hydrogens is 266 g/mol. The summed E-state index contributed by atoms with van der Waals surface area (Å²) in [5.74, 6) is 0. The van der Waals surface area contributed by atoms with Crippen LogP contribution in [0.2, 0.25) is 0 Å². The van der Waals surface area contributed by atoms with Crippen molar-refractivity contribution < 1.29 is 4.21 Å². The minimum atomic E-state index is -0.656. The van der Waals surface area contributed by atoms with Crippen LogP contribution in [0.3, 0.4) is 0 Å². The van der Waals surface area contributed by atoms with Crippen LogP contribution in [-0.2, 0) is 10.8 Å². The number of hydrogen-bond donors (Lipinski definition) is 0. The Morgan fingerprint density at radius 2 is 2.15 bits per heavy atom. The van der Waals surface area contributed by atoms with E-state index < -0.39 is 10.8 Å². The zero-order valence-corrected chi connectivity index (χ0v) is 12.1. The lowest BCUT2D eigenvalue weighted by molar-refractivity contribution is 0.579. The summed E-state index contributed by atoms with van der Waals surface area (Å²) < 4.78 is 12.3. The van der Waals surface area contributed by atoms with E-state index in [0.29, 0.717) is 5.25 Å². The number of pyridine rings is 1. The summed E-state index contributed by atoms with van der Waals surface area (Å²) in [6.45, 7) is 0. The third kappa shape index (κ3) is 1.92. The van der Waals surface area contributed by atoms with Gasteiger partial charge < -0.3 is 0 Å². The van der Waals surface area contributed by atoms with Gasteiger partial charge in [-0.05, 0) is 41.9 Å². The van der Waals surface area contributed by atoms with Gasteiger partial charge in [0.25, 0.3) is 0 Å². The number of benzene rings is 1. The van der Waals surface area contributed by atoms with Crippen LogP contribution >= 0.6 is 0 Å². The number of fused-ring (bicyclic) bond motifs is 3. The predicted molar refractivity (Wildman–Crippen MR) is 83.9 cm³/mol.